The standard InChI is InChI=1S/C19H25BO6S/c1-12(22)27-11-15(20-25-18(2,3)19(4,5)26-20)7-13-8-16(23)17(24-6)9-14(13)10-21/h7-10,23H,11H2,1-6H3. The largest absolute Gasteiger partial charge is 0.504 e. The van der Waals surface area contributed by atoms with Gasteiger partial charge in [-0.25, -0.2) is 0 Å². The summed E-state index contributed by atoms with van der Waals surface area (Å²) in [5, 5.41) is 10.0. The summed E-state index contributed by atoms with van der Waals surface area (Å²) in [5.74, 6) is 0.475. The number of hydrogen-bond donors (Lipinski definition) is 1. The smallest absolute Gasteiger partial charge is 0.491 e. The summed E-state index contributed by atoms with van der Waals surface area (Å²) >= 11 is 1.13. The molecule has 0 bridgehead atoms. The molecule has 0 unspecified atom stereocenters. The Morgan fingerprint density at radius 3 is 2.30 bits per heavy atom. The molecule has 27 heavy (non-hydrogen) atoms. The Kier molecular flexibility index (Phi) is 6.45. The van der Waals surface area contributed by atoms with Gasteiger partial charge in [0.05, 0.1) is 18.3 Å². The van der Waals surface area contributed by atoms with Gasteiger partial charge in [-0.3, -0.25) is 9.59 Å². The van der Waals surface area contributed by atoms with Crippen LogP contribution in [0.15, 0.2) is 17.6 Å². The maximum atomic E-state index is 11.5. The molecule has 0 amide bonds. The van der Waals surface area contributed by atoms with Crippen LogP contribution in [0.25, 0.3) is 6.08 Å². The Balaban J connectivity index is 2.47. The van der Waals surface area contributed by atoms with E-state index in [1.165, 1.54) is 26.2 Å². The van der Waals surface area contributed by atoms with Gasteiger partial charge in [0, 0.05) is 18.2 Å². The number of benzene rings is 1. The molecule has 146 valence electrons. The van der Waals surface area contributed by atoms with Crippen LogP contribution in [0.3, 0.4) is 0 Å². The second kappa shape index (κ2) is 8.08. The first-order valence-electron chi connectivity index (χ1n) is 8.56. The molecule has 2 rings (SSSR count). The van der Waals surface area contributed by atoms with Crippen LogP contribution < -0.4 is 4.74 Å². The van der Waals surface area contributed by atoms with Crippen LogP contribution in [-0.2, 0) is 14.1 Å². The zero-order valence-corrected chi connectivity index (χ0v) is 17.3. The molecule has 0 saturated carbocycles. The molecule has 1 N–H and O–H groups in total. The minimum absolute atomic E-state index is 0.0365. The van der Waals surface area contributed by atoms with Crippen LogP contribution in [0, 0.1) is 0 Å². The van der Waals surface area contributed by atoms with Gasteiger partial charge in [-0.15, -0.1) is 0 Å². The summed E-state index contributed by atoms with van der Waals surface area (Å²) < 4.78 is 17.2. The van der Waals surface area contributed by atoms with Crippen molar-refractivity contribution in [3.8, 4) is 11.5 Å². The molecule has 0 aromatic heterocycles. The van der Waals surface area contributed by atoms with Crippen molar-refractivity contribution in [2.24, 2.45) is 0 Å². The molecular weight excluding hydrogens is 367 g/mol. The Hall–Kier alpha value is -1.77. The van der Waals surface area contributed by atoms with E-state index in [4.69, 9.17) is 14.0 Å². The number of ether oxygens (including phenoxy) is 1. The van der Waals surface area contributed by atoms with Gasteiger partial charge >= 0.3 is 7.12 Å². The summed E-state index contributed by atoms with van der Waals surface area (Å²) in [7, 11) is 0.754. The molecule has 0 atom stereocenters. The van der Waals surface area contributed by atoms with Crippen LogP contribution >= 0.6 is 11.8 Å². The third kappa shape index (κ3) is 4.75. The molecule has 1 aliphatic heterocycles. The summed E-state index contributed by atoms with van der Waals surface area (Å²) in [6.07, 6.45) is 2.41. The lowest BCUT2D eigenvalue weighted by Gasteiger charge is -2.32. The van der Waals surface area contributed by atoms with Crippen molar-refractivity contribution >= 4 is 36.4 Å². The van der Waals surface area contributed by atoms with Crippen molar-refractivity contribution in [1.29, 1.82) is 0 Å². The second-order valence-electron chi connectivity index (χ2n) is 7.36. The first-order chi connectivity index (χ1) is 12.5. The minimum Gasteiger partial charge on any atom is -0.504 e. The highest BCUT2D eigenvalue weighted by atomic mass is 32.2. The number of phenolic OH excluding ortho intramolecular Hbond substituents is 1. The predicted octanol–water partition coefficient (Wildman–Crippen LogP) is 3.51. The molecule has 6 nitrogen and oxygen atoms in total. The van der Waals surface area contributed by atoms with Crippen molar-refractivity contribution in [2.75, 3.05) is 12.9 Å². The number of carbonyl (C=O) groups is 2. The van der Waals surface area contributed by atoms with Gasteiger partial charge in [-0.2, -0.15) is 0 Å². The molecule has 0 aliphatic carbocycles. The molecule has 1 aromatic rings. The Morgan fingerprint density at radius 1 is 1.22 bits per heavy atom. The molecule has 0 spiro atoms. The van der Waals surface area contributed by atoms with E-state index in [1.54, 1.807) is 6.08 Å². The number of thioether (sulfide) groups is 1. The number of rotatable bonds is 6. The number of hydrogen-bond acceptors (Lipinski definition) is 7. The molecule has 1 aliphatic rings. The van der Waals surface area contributed by atoms with E-state index in [-0.39, 0.29) is 16.6 Å². The Bertz CT molecular complexity index is 756. The van der Waals surface area contributed by atoms with Crippen molar-refractivity contribution in [1.82, 2.24) is 0 Å². The maximum Gasteiger partial charge on any atom is 0.491 e. The average molecular weight is 392 g/mol. The molecule has 1 aromatic carbocycles. The summed E-state index contributed by atoms with van der Waals surface area (Å²) in [6, 6.07) is 2.92. The molecule has 1 heterocycles. The summed E-state index contributed by atoms with van der Waals surface area (Å²) in [5.41, 5.74) is 0.477. The number of aromatic hydroxyl groups is 1. The quantitative estimate of drug-likeness (QED) is 0.586. The van der Waals surface area contributed by atoms with Crippen LogP contribution in [0.2, 0.25) is 0 Å². The summed E-state index contributed by atoms with van der Waals surface area (Å²) in [6.45, 7) is 9.26. The SMILES string of the molecule is COc1cc(C=O)c(C=C(CSC(C)=O)B2OC(C)(C)C(C)(C)O2)cc1O. The molecular formula is C19H25BO6S. The van der Waals surface area contributed by atoms with Crippen LogP contribution in [0.5, 0.6) is 11.5 Å². The van der Waals surface area contributed by atoms with Crippen LogP contribution in [0.1, 0.15) is 50.5 Å². The van der Waals surface area contributed by atoms with Gasteiger partial charge in [0.2, 0.25) is 0 Å². The lowest BCUT2D eigenvalue weighted by molar-refractivity contribution is -0.109. The van der Waals surface area contributed by atoms with E-state index in [0.717, 1.165) is 11.8 Å². The van der Waals surface area contributed by atoms with Gasteiger partial charge < -0.3 is 19.2 Å². The Labute approximate surface area is 164 Å². The number of carbonyl (C=O) groups excluding carboxylic acids is 2. The fourth-order valence-electron chi connectivity index (χ4n) is 2.55. The first kappa shape index (κ1) is 21.5. The van der Waals surface area contributed by atoms with Crippen molar-refractivity contribution in [3.63, 3.8) is 0 Å². The zero-order chi connectivity index (χ0) is 20.4. The van der Waals surface area contributed by atoms with Crippen LogP contribution in [0.4, 0.5) is 0 Å². The first-order valence-corrected chi connectivity index (χ1v) is 9.55. The zero-order valence-electron chi connectivity index (χ0n) is 16.5. The maximum absolute atomic E-state index is 11.5. The highest BCUT2D eigenvalue weighted by molar-refractivity contribution is 8.13. The third-order valence-electron chi connectivity index (χ3n) is 4.85. The van der Waals surface area contributed by atoms with Gasteiger partial charge in [0.25, 0.3) is 0 Å². The van der Waals surface area contributed by atoms with Gasteiger partial charge in [0.1, 0.15) is 0 Å². The van der Waals surface area contributed by atoms with Crippen molar-refractivity contribution < 1.29 is 28.7 Å². The molecule has 1 fully saturated rings. The Morgan fingerprint density at radius 2 is 1.81 bits per heavy atom. The van der Waals surface area contributed by atoms with E-state index in [9.17, 15) is 14.7 Å². The van der Waals surface area contributed by atoms with Crippen molar-refractivity contribution in [3.05, 3.63) is 28.7 Å². The van der Waals surface area contributed by atoms with Gasteiger partial charge in [-0.05, 0) is 50.9 Å². The van der Waals surface area contributed by atoms with E-state index in [0.29, 0.717) is 28.6 Å². The van der Waals surface area contributed by atoms with E-state index in [2.05, 4.69) is 0 Å². The average Bonchev–Trinajstić information content (AvgIpc) is 2.79. The van der Waals surface area contributed by atoms with Crippen LogP contribution in [-0.4, -0.2) is 47.7 Å². The van der Waals surface area contributed by atoms with E-state index < -0.39 is 18.3 Å². The number of phenols is 1. The lowest BCUT2D eigenvalue weighted by atomic mass is 9.78. The van der Waals surface area contributed by atoms with Crippen molar-refractivity contribution in [2.45, 2.75) is 45.8 Å². The van der Waals surface area contributed by atoms with E-state index >= 15 is 0 Å². The van der Waals surface area contributed by atoms with E-state index in [1.807, 2.05) is 27.7 Å². The fourth-order valence-corrected chi connectivity index (χ4v) is 3.14. The topological polar surface area (TPSA) is 82.1 Å². The number of methoxy groups -OCH3 is 1. The minimum atomic E-state index is -0.661. The highest BCUT2D eigenvalue weighted by Crippen LogP contribution is 2.40. The monoisotopic (exact) mass is 392 g/mol. The fraction of sp³-hybridized carbons (Fsp3) is 0.474. The van der Waals surface area contributed by atoms with Gasteiger partial charge in [-0.1, -0.05) is 17.8 Å². The van der Waals surface area contributed by atoms with Gasteiger partial charge in [0.15, 0.2) is 22.9 Å². The molecule has 8 heteroatoms. The normalized spacial score (nSPS) is 18.4. The number of aldehydes is 1. The second-order valence-corrected chi connectivity index (χ2v) is 8.51. The highest BCUT2D eigenvalue weighted by Gasteiger charge is 2.52. The molecule has 1 saturated heterocycles. The summed E-state index contributed by atoms with van der Waals surface area (Å²) in [4.78, 5) is 23.0. The lowest BCUT2D eigenvalue weighted by Crippen LogP contribution is -2.41. The molecule has 0 radical (unpaired) electrons. The predicted molar refractivity (Wildman–Crippen MR) is 107 cm³/mol. The third-order valence-corrected chi connectivity index (χ3v) is 5.73.